The molecule has 0 saturated carbocycles. The molecule has 0 aliphatic carbocycles. The molecule has 0 aromatic heterocycles. The van der Waals surface area contributed by atoms with Gasteiger partial charge in [-0.2, -0.15) is 0 Å². The summed E-state index contributed by atoms with van der Waals surface area (Å²) in [7, 11) is 5.55. The van der Waals surface area contributed by atoms with E-state index in [1.165, 1.54) is 0 Å². The zero-order valence-corrected chi connectivity index (χ0v) is 17.2. The molecule has 0 saturated heterocycles. The number of hydrogen-bond donors (Lipinski definition) is 3. The Balaban J connectivity index is 1.94. The highest BCUT2D eigenvalue weighted by Gasteiger charge is 2.30. The van der Waals surface area contributed by atoms with E-state index in [1.54, 1.807) is 13.2 Å². The van der Waals surface area contributed by atoms with Crippen LogP contribution in [-0.4, -0.2) is 32.2 Å². The molecule has 1 atom stereocenters. The van der Waals surface area contributed by atoms with Gasteiger partial charge in [-0.15, -0.1) is 0 Å². The zero-order chi connectivity index (χ0) is 20.3. The van der Waals surface area contributed by atoms with E-state index in [1.807, 2.05) is 68.4 Å². The third-order valence-corrected chi connectivity index (χ3v) is 4.83. The predicted octanol–water partition coefficient (Wildman–Crippen LogP) is 3.19. The first kappa shape index (κ1) is 19.7. The number of methoxy groups -OCH3 is 1. The second kappa shape index (κ2) is 8.31. The molecule has 6 nitrogen and oxygen atoms in total. The number of thiocarbonyl (C=S) groups is 1. The summed E-state index contributed by atoms with van der Waals surface area (Å²) in [5.41, 5.74) is 3.96. The number of benzene rings is 2. The van der Waals surface area contributed by atoms with Crippen LogP contribution in [0.2, 0.25) is 0 Å². The van der Waals surface area contributed by atoms with Crippen LogP contribution < -0.4 is 25.6 Å². The van der Waals surface area contributed by atoms with Crippen molar-refractivity contribution in [1.29, 1.82) is 0 Å². The van der Waals surface area contributed by atoms with Crippen LogP contribution in [-0.2, 0) is 4.79 Å². The van der Waals surface area contributed by atoms with Crippen molar-refractivity contribution < 1.29 is 9.53 Å². The van der Waals surface area contributed by atoms with Gasteiger partial charge in [0, 0.05) is 25.5 Å². The molecule has 1 aliphatic rings. The lowest BCUT2D eigenvalue weighted by Crippen LogP contribution is -2.45. The molecule has 0 unspecified atom stereocenters. The van der Waals surface area contributed by atoms with Crippen LogP contribution in [0.25, 0.3) is 0 Å². The van der Waals surface area contributed by atoms with E-state index in [0.29, 0.717) is 22.1 Å². The molecule has 3 rings (SSSR count). The van der Waals surface area contributed by atoms with Gasteiger partial charge in [0.15, 0.2) is 5.11 Å². The van der Waals surface area contributed by atoms with Gasteiger partial charge >= 0.3 is 0 Å². The SMILES string of the molecule is COc1ccccc1NC(=O)C1=C(C)NC(=S)N[C@@H]1c1ccc(N(C)C)cc1. The van der Waals surface area contributed by atoms with Gasteiger partial charge < -0.3 is 25.6 Å². The lowest BCUT2D eigenvalue weighted by Gasteiger charge is -2.30. The summed E-state index contributed by atoms with van der Waals surface area (Å²) >= 11 is 5.32. The number of carbonyl (C=O) groups is 1. The number of nitrogens with one attached hydrogen (secondary N) is 3. The molecule has 1 heterocycles. The van der Waals surface area contributed by atoms with Crippen LogP contribution in [0.3, 0.4) is 0 Å². The molecular formula is C21H24N4O2S. The van der Waals surface area contributed by atoms with Gasteiger partial charge in [-0.05, 0) is 49.0 Å². The number of anilines is 2. The van der Waals surface area contributed by atoms with Gasteiger partial charge in [-0.3, -0.25) is 4.79 Å². The monoisotopic (exact) mass is 396 g/mol. The Labute approximate surface area is 170 Å². The molecule has 2 aromatic carbocycles. The average molecular weight is 397 g/mol. The zero-order valence-electron chi connectivity index (χ0n) is 16.4. The second-order valence-corrected chi connectivity index (χ2v) is 7.12. The van der Waals surface area contributed by atoms with E-state index in [4.69, 9.17) is 17.0 Å². The number of ether oxygens (including phenoxy) is 1. The highest BCUT2D eigenvalue weighted by molar-refractivity contribution is 7.80. The van der Waals surface area contributed by atoms with E-state index < -0.39 is 0 Å². The molecule has 1 aliphatic heterocycles. The van der Waals surface area contributed by atoms with Crippen LogP contribution >= 0.6 is 12.2 Å². The summed E-state index contributed by atoms with van der Waals surface area (Å²) in [4.78, 5) is 15.2. The molecule has 146 valence electrons. The largest absolute Gasteiger partial charge is 0.495 e. The number of para-hydroxylation sites is 2. The van der Waals surface area contributed by atoms with Crippen molar-refractivity contribution in [1.82, 2.24) is 10.6 Å². The number of hydrogen-bond acceptors (Lipinski definition) is 4. The lowest BCUT2D eigenvalue weighted by atomic mass is 9.94. The van der Waals surface area contributed by atoms with Crippen LogP contribution in [0.1, 0.15) is 18.5 Å². The Kier molecular flexibility index (Phi) is 5.84. The second-order valence-electron chi connectivity index (χ2n) is 6.71. The third kappa shape index (κ3) is 4.09. The molecule has 1 amide bonds. The van der Waals surface area contributed by atoms with Gasteiger partial charge in [0.2, 0.25) is 0 Å². The Hall–Kier alpha value is -3.06. The first-order valence-corrected chi connectivity index (χ1v) is 9.31. The first-order valence-electron chi connectivity index (χ1n) is 8.90. The van der Waals surface area contributed by atoms with E-state index in [9.17, 15) is 4.79 Å². The molecule has 0 fully saturated rings. The minimum Gasteiger partial charge on any atom is -0.495 e. The Bertz CT molecular complexity index is 922. The van der Waals surface area contributed by atoms with Gasteiger partial charge in [0.25, 0.3) is 5.91 Å². The quantitative estimate of drug-likeness (QED) is 0.675. The molecule has 0 bridgehead atoms. The summed E-state index contributed by atoms with van der Waals surface area (Å²) < 4.78 is 5.34. The normalized spacial score (nSPS) is 16.1. The van der Waals surface area contributed by atoms with Crippen LogP contribution in [0.5, 0.6) is 5.75 Å². The van der Waals surface area contributed by atoms with Crippen molar-refractivity contribution in [2.75, 3.05) is 31.4 Å². The Morgan fingerprint density at radius 3 is 2.46 bits per heavy atom. The minimum absolute atomic E-state index is 0.216. The summed E-state index contributed by atoms with van der Waals surface area (Å²) in [6.07, 6.45) is 0. The number of amides is 1. The summed E-state index contributed by atoms with van der Waals surface area (Å²) in [6.45, 7) is 1.85. The standard InChI is InChI=1S/C21H24N4O2S/c1-13-18(20(26)23-16-7-5-6-8-17(16)27-4)19(24-21(28)22-13)14-9-11-15(12-10-14)25(2)3/h5-12,19H,1-4H3,(H,23,26)(H2,22,24,28)/t19-/m1/s1. The van der Waals surface area contributed by atoms with Crippen LogP contribution in [0, 0.1) is 0 Å². The molecule has 3 N–H and O–H groups in total. The van der Waals surface area contributed by atoms with Crippen LogP contribution in [0.15, 0.2) is 59.8 Å². The van der Waals surface area contributed by atoms with Crippen molar-refractivity contribution in [3.05, 3.63) is 65.4 Å². The fraction of sp³-hybridized carbons (Fsp3) is 0.238. The van der Waals surface area contributed by atoms with Gasteiger partial charge in [-0.1, -0.05) is 24.3 Å². The Morgan fingerprint density at radius 2 is 1.82 bits per heavy atom. The third-order valence-electron chi connectivity index (χ3n) is 4.61. The first-order chi connectivity index (χ1) is 13.4. The highest BCUT2D eigenvalue weighted by atomic mass is 32.1. The maximum Gasteiger partial charge on any atom is 0.255 e. The number of carbonyl (C=O) groups excluding carboxylic acids is 1. The van der Waals surface area contributed by atoms with Crippen molar-refractivity contribution in [2.24, 2.45) is 0 Å². The van der Waals surface area contributed by atoms with E-state index in [-0.39, 0.29) is 11.9 Å². The van der Waals surface area contributed by atoms with Gasteiger partial charge in [0.1, 0.15) is 5.75 Å². The van der Waals surface area contributed by atoms with E-state index in [0.717, 1.165) is 16.9 Å². The number of nitrogens with zero attached hydrogens (tertiary/aromatic N) is 1. The molecule has 7 heteroatoms. The van der Waals surface area contributed by atoms with Crippen molar-refractivity contribution in [2.45, 2.75) is 13.0 Å². The van der Waals surface area contributed by atoms with Crippen LogP contribution in [0.4, 0.5) is 11.4 Å². The maximum atomic E-state index is 13.2. The van der Waals surface area contributed by atoms with E-state index >= 15 is 0 Å². The van der Waals surface area contributed by atoms with Gasteiger partial charge in [-0.25, -0.2) is 0 Å². The Morgan fingerprint density at radius 1 is 1.14 bits per heavy atom. The summed E-state index contributed by atoms with van der Waals surface area (Å²) in [5.74, 6) is 0.388. The minimum atomic E-state index is -0.348. The smallest absolute Gasteiger partial charge is 0.255 e. The topological polar surface area (TPSA) is 65.6 Å². The van der Waals surface area contributed by atoms with Crippen molar-refractivity contribution in [3.63, 3.8) is 0 Å². The molecule has 28 heavy (non-hydrogen) atoms. The summed E-state index contributed by atoms with van der Waals surface area (Å²) in [5, 5.41) is 9.71. The fourth-order valence-electron chi connectivity index (χ4n) is 3.15. The number of rotatable bonds is 5. The molecule has 2 aromatic rings. The van der Waals surface area contributed by atoms with Crippen molar-refractivity contribution >= 4 is 34.6 Å². The highest BCUT2D eigenvalue weighted by Crippen LogP contribution is 2.30. The van der Waals surface area contributed by atoms with E-state index in [2.05, 4.69) is 16.0 Å². The fourth-order valence-corrected chi connectivity index (χ4v) is 3.42. The lowest BCUT2D eigenvalue weighted by molar-refractivity contribution is -0.113. The average Bonchev–Trinajstić information content (AvgIpc) is 2.67. The molecule has 0 spiro atoms. The maximum absolute atomic E-state index is 13.2. The van der Waals surface area contributed by atoms with Gasteiger partial charge in [0.05, 0.1) is 24.4 Å². The number of allylic oxidation sites excluding steroid dienone is 1. The van der Waals surface area contributed by atoms with Crippen molar-refractivity contribution in [3.8, 4) is 5.75 Å². The molecular weight excluding hydrogens is 372 g/mol. The molecule has 0 radical (unpaired) electrons. The predicted molar refractivity (Wildman–Crippen MR) is 117 cm³/mol. The summed E-state index contributed by atoms with van der Waals surface area (Å²) in [6, 6.07) is 15.0.